The van der Waals surface area contributed by atoms with Crippen LogP contribution in [0.4, 0.5) is 0 Å². The van der Waals surface area contributed by atoms with Crippen LogP contribution in [0.1, 0.15) is 43.7 Å². The van der Waals surface area contributed by atoms with Crippen LogP contribution in [-0.4, -0.2) is 38.5 Å². The molecule has 1 saturated carbocycles. The average molecular weight is 444 g/mol. The van der Waals surface area contributed by atoms with E-state index < -0.39 is 0 Å². The minimum Gasteiger partial charge on any atom is -0.356 e. The Hall–Kier alpha value is -0.820. The predicted octanol–water partition coefficient (Wildman–Crippen LogP) is 3.61. The zero-order valence-corrected chi connectivity index (χ0v) is 17.9. The van der Waals surface area contributed by atoms with Crippen molar-refractivity contribution in [2.45, 2.75) is 45.7 Å². The minimum atomic E-state index is 0. The Kier molecular flexibility index (Phi) is 9.05. The molecule has 0 atom stereocenters. The largest absolute Gasteiger partial charge is 0.356 e. The van der Waals surface area contributed by atoms with E-state index >= 15 is 0 Å². The number of guanidine groups is 1. The Labute approximate surface area is 164 Å². The fourth-order valence-electron chi connectivity index (χ4n) is 3.21. The van der Waals surface area contributed by atoms with Crippen LogP contribution >= 0.6 is 24.0 Å². The van der Waals surface area contributed by atoms with Crippen molar-refractivity contribution in [2.24, 2.45) is 10.4 Å². The number of hydrogen-bond donors (Lipinski definition) is 2. The van der Waals surface area contributed by atoms with Crippen LogP contribution in [0.2, 0.25) is 0 Å². The molecule has 2 N–H and O–H groups in total. The van der Waals surface area contributed by atoms with Crippen LogP contribution in [0.25, 0.3) is 0 Å². The van der Waals surface area contributed by atoms with Gasteiger partial charge in [0.15, 0.2) is 5.96 Å². The molecule has 0 saturated heterocycles. The average Bonchev–Trinajstić information content (AvgIpc) is 2.49. The molecule has 0 radical (unpaired) electrons. The van der Waals surface area contributed by atoms with E-state index in [1.807, 2.05) is 7.05 Å². The molecule has 0 amide bonds. The Morgan fingerprint density at radius 1 is 1.21 bits per heavy atom. The predicted molar refractivity (Wildman–Crippen MR) is 114 cm³/mol. The van der Waals surface area contributed by atoms with Gasteiger partial charge in [0.25, 0.3) is 0 Å². The van der Waals surface area contributed by atoms with E-state index in [0.717, 1.165) is 25.6 Å². The quantitative estimate of drug-likeness (QED) is 0.384. The smallest absolute Gasteiger partial charge is 0.191 e. The lowest BCUT2D eigenvalue weighted by molar-refractivity contribution is 0.131. The number of nitrogens with one attached hydrogen (secondary N) is 2. The maximum Gasteiger partial charge on any atom is 0.191 e. The van der Waals surface area contributed by atoms with Crippen LogP contribution in [0, 0.1) is 5.41 Å². The second-order valence-electron chi connectivity index (χ2n) is 7.04. The highest BCUT2D eigenvalue weighted by Gasteiger charge is 2.34. The molecule has 0 bridgehead atoms. The molecule has 0 aromatic heterocycles. The molecule has 24 heavy (non-hydrogen) atoms. The molecule has 0 heterocycles. The van der Waals surface area contributed by atoms with Gasteiger partial charge >= 0.3 is 0 Å². The summed E-state index contributed by atoms with van der Waals surface area (Å²) in [6.07, 6.45) is 5.32. The third-order valence-electron chi connectivity index (χ3n) is 4.97. The molecule has 136 valence electrons. The van der Waals surface area contributed by atoms with Gasteiger partial charge in [-0.3, -0.25) is 4.99 Å². The van der Waals surface area contributed by atoms with Crippen molar-refractivity contribution >= 4 is 29.9 Å². The van der Waals surface area contributed by atoms with Crippen LogP contribution < -0.4 is 10.6 Å². The second-order valence-corrected chi connectivity index (χ2v) is 7.04. The normalized spacial score (nSPS) is 16.3. The summed E-state index contributed by atoms with van der Waals surface area (Å²) in [7, 11) is 6.04. The molecule has 1 aliphatic rings. The van der Waals surface area contributed by atoms with Crippen LogP contribution in [0.5, 0.6) is 0 Å². The molecule has 5 heteroatoms. The van der Waals surface area contributed by atoms with Crippen molar-refractivity contribution in [3.63, 3.8) is 0 Å². The van der Waals surface area contributed by atoms with E-state index in [1.165, 1.54) is 36.8 Å². The fraction of sp³-hybridized carbons (Fsp3) is 0.632. The topological polar surface area (TPSA) is 39.7 Å². The van der Waals surface area contributed by atoms with Crippen molar-refractivity contribution in [2.75, 3.05) is 27.7 Å². The van der Waals surface area contributed by atoms with Crippen LogP contribution in [-0.2, 0) is 13.1 Å². The molecule has 1 fully saturated rings. The van der Waals surface area contributed by atoms with Gasteiger partial charge in [-0.05, 0) is 49.9 Å². The van der Waals surface area contributed by atoms with E-state index in [4.69, 9.17) is 0 Å². The second kappa shape index (κ2) is 10.2. The van der Waals surface area contributed by atoms with Crippen molar-refractivity contribution in [1.82, 2.24) is 15.5 Å². The first-order valence-electron chi connectivity index (χ1n) is 8.74. The van der Waals surface area contributed by atoms with Gasteiger partial charge in [-0.1, -0.05) is 37.6 Å². The lowest BCUT2D eigenvalue weighted by Crippen LogP contribution is -2.46. The Balaban J connectivity index is 0.00000288. The van der Waals surface area contributed by atoms with E-state index in [2.05, 4.69) is 65.8 Å². The van der Waals surface area contributed by atoms with E-state index in [-0.39, 0.29) is 24.0 Å². The zero-order chi connectivity index (χ0) is 16.7. The molecule has 1 aromatic rings. The lowest BCUT2D eigenvalue weighted by Gasteiger charge is -2.41. The highest BCUT2D eigenvalue weighted by atomic mass is 127. The molecule has 1 aromatic carbocycles. The van der Waals surface area contributed by atoms with Gasteiger partial charge in [-0.25, -0.2) is 0 Å². The highest BCUT2D eigenvalue weighted by Crippen LogP contribution is 2.42. The van der Waals surface area contributed by atoms with Gasteiger partial charge in [0, 0.05) is 26.7 Å². The SMILES string of the molecule is CCC1(CNC(=NC)NCc2cccc(CN(C)C)c2)CCC1.I. The summed E-state index contributed by atoms with van der Waals surface area (Å²) in [6.45, 7) is 5.11. The summed E-state index contributed by atoms with van der Waals surface area (Å²) in [4.78, 5) is 6.55. The van der Waals surface area contributed by atoms with Gasteiger partial charge in [0.2, 0.25) is 0 Å². The van der Waals surface area contributed by atoms with Gasteiger partial charge in [-0.2, -0.15) is 0 Å². The number of halogens is 1. The van der Waals surface area contributed by atoms with Crippen molar-refractivity contribution in [1.29, 1.82) is 0 Å². The molecule has 0 aliphatic heterocycles. The van der Waals surface area contributed by atoms with Crippen LogP contribution in [0.15, 0.2) is 29.3 Å². The number of benzene rings is 1. The van der Waals surface area contributed by atoms with E-state index in [1.54, 1.807) is 0 Å². The summed E-state index contributed by atoms with van der Waals surface area (Å²) in [6, 6.07) is 8.74. The summed E-state index contributed by atoms with van der Waals surface area (Å²) >= 11 is 0. The third kappa shape index (κ3) is 6.24. The lowest BCUT2D eigenvalue weighted by atomic mass is 9.67. The number of aliphatic imine (C=N–C) groups is 1. The molecule has 0 unspecified atom stereocenters. The first-order chi connectivity index (χ1) is 11.1. The van der Waals surface area contributed by atoms with Crippen molar-refractivity contribution < 1.29 is 0 Å². The van der Waals surface area contributed by atoms with E-state index in [9.17, 15) is 0 Å². The molecule has 2 rings (SSSR count). The monoisotopic (exact) mass is 444 g/mol. The van der Waals surface area contributed by atoms with Crippen molar-refractivity contribution in [3.8, 4) is 0 Å². The maximum absolute atomic E-state index is 4.36. The fourth-order valence-corrected chi connectivity index (χ4v) is 3.21. The Morgan fingerprint density at radius 3 is 2.46 bits per heavy atom. The van der Waals surface area contributed by atoms with Gasteiger partial charge in [0.05, 0.1) is 0 Å². The highest BCUT2D eigenvalue weighted by molar-refractivity contribution is 14.0. The molecular formula is C19H33IN4. The Morgan fingerprint density at radius 2 is 1.92 bits per heavy atom. The zero-order valence-electron chi connectivity index (χ0n) is 15.6. The summed E-state index contributed by atoms with van der Waals surface area (Å²) < 4.78 is 0. The Bertz CT molecular complexity index is 518. The number of rotatable bonds is 7. The molecule has 0 spiro atoms. The molecule has 1 aliphatic carbocycles. The molecular weight excluding hydrogens is 411 g/mol. The van der Waals surface area contributed by atoms with Gasteiger partial charge in [0.1, 0.15) is 0 Å². The molecule has 4 nitrogen and oxygen atoms in total. The standard InChI is InChI=1S/C19H32N4.HI/c1-5-19(10-7-11-19)15-22-18(20-2)21-13-16-8-6-9-17(12-16)14-23(3)4;/h6,8-9,12H,5,7,10-11,13-15H2,1-4H3,(H2,20,21,22);1H. The van der Waals surface area contributed by atoms with Gasteiger partial charge in [-0.15, -0.1) is 24.0 Å². The number of nitrogens with zero attached hydrogens (tertiary/aromatic N) is 2. The first kappa shape index (κ1) is 21.2. The van der Waals surface area contributed by atoms with Gasteiger partial charge < -0.3 is 15.5 Å². The van der Waals surface area contributed by atoms with Crippen LogP contribution in [0.3, 0.4) is 0 Å². The maximum atomic E-state index is 4.36. The first-order valence-corrected chi connectivity index (χ1v) is 8.74. The van der Waals surface area contributed by atoms with Crippen molar-refractivity contribution in [3.05, 3.63) is 35.4 Å². The summed E-state index contributed by atoms with van der Waals surface area (Å²) in [5, 5.41) is 6.95. The number of hydrogen-bond acceptors (Lipinski definition) is 2. The third-order valence-corrected chi connectivity index (χ3v) is 4.97. The summed E-state index contributed by atoms with van der Waals surface area (Å²) in [5.41, 5.74) is 3.14. The summed E-state index contributed by atoms with van der Waals surface area (Å²) in [5.74, 6) is 0.905. The minimum absolute atomic E-state index is 0. The van der Waals surface area contributed by atoms with E-state index in [0.29, 0.717) is 5.41 Å².